The van der Waals surface area contributed by atoms with Crippen molar-refractivity contribution in [2.24, 2.45) is 0 Å². The Balaban J connectivity index is 1.43. The number of carbonyl (C=O) groups is 2. The molecule has 0 aromatic heterocycles. The van der Waals surface area contributed by atoms with Crippen molar-refractivity contribution in [3.8, 4) is 0 Å². The molecule has 0 saturated heterocycles. The van der Waals surface area contributed by atoms with E-state index >= 15 is 0 Å². The highest BCUT2D eigenvalue weighted by atomic mass is 32.2. The van der Waals surface area contributed by atoms with Crippen LogP contribution in [-0.4, -0.2) is 26.8 Å². The lowest BCUT2D eigenvalue weighted by molar-refractivity contribution is -0.121. The van der Waals surface area contributed by atoms with Crippen molar-refractivity contribution < 1.29 is 22.4 Å². The van der Waals surface area contributed by atoms with Gasteiger partial charge in [0.25, 0.3) is 5.91 Å². The van der Waals surface area contributed by atoms with Gasteiger partial charge in [0.15, 0.2) is 0 Å². The lowest BCUT2D eigenvalue weighted by Gasteiger charge is -2.09. The number of halogens is 1. The molecule has 9 heteroatoms. The maximum absolute atomic E-state index is 13.0. The summed E-state index contributed by atoms with van der Waals surface area (Å²) in [5.41, 5.74) is 2.35. The molecule has 0 aliphatic rings. The highest BCUT2D eigenvalue weighted by Gasteiger charge is 2.09. The molecule has 3 aromatic rings. The Bertz CT molecular complexity index is 1260. The van der Waals surface area contributed by atoms with Gasteiger partial charge in [-0.05, 0) is 53.6 Å². The zero-order valence-electron chi connectivity index (χ0n) is 18.2. The van der Waals surface area contributed by atoms with Gasteiger partial charge in [-0.25, -0.2) is 17.5 Å². The summed E-state index contributed by atoms with van der Waals surface area (Å²) >= 11 is 0. The van der Waals surface area contributed by atoms with Crippen molar-refractivity contribution in [2.75, 3.05) is 11.9 Å². The van der Waals surface area contributed by atoms with Crippen LogP contribution in [0.3, 0.4) is 0 Å². The first-order chi connectivity index (χ1) is 16.3. The van der Waals surface area contributed by atoms with Gasteiger partial charge in [-0.15, -0.1) is 0 Å². The van der Waals surface area contributed by atoms with Gasteiger partial charge < -0.3 is 10.6 Å². The van der Waals surface area contributed by atoms with E-state index in [0.717, 1.165) is 16.5 Å². The molecule has 0 aliphatic carbocycles. The van der Waals surface area contributed by atoms with Crippen LogP contribution in [0, 0.1) is 5.82 Å². The number of hydrogen-bond donors (Lipinski definition) is 3. The largest absolute Gasteiger partial charge is 0.352 e. The molecule has 0 atom stereocenters. The Morgan fingerprint density at radius 2 is 1.65 bits per heavy atom. The van der Waals surface area contributed by atoms with Crippen molar-refractivity contribution in [2.45, 2.75) is 13.0 Å². The third-order valence-corrected chi connectivity index (χ3v) is 5.78. The van der Waals surface area contributed by atoms with Crippen LogP contribution in [0.1, 0.15) is 27.9 Å². The number of amides is 2. The average Bonchev–Trinajstić information content (AvgIpc) is 2.83. The maximum atomic E-state index is 13.0. The monoisotopic (exact) mass is 481 g/mol. The van der Waals surface area contributed by atoms with E-state index in [-0.39, 0.29) is 31.3 Å². The van der Waals surface area contributed by atoms with E-state index in [1.807, 2.05) is 6.07 Å². The molecule has 3 N–H and O–H groups in total. The second kappa shape index (κ2) is 11.9. The Kier molecular flexibility index (Phi) is 8.66. The van der Waals surface area contributed by atoms with Gasteiger partial charge in [0.05, 0.1) is 0 Å². The van der Waals surface area contributed by atoms with Crippen molar-refractivity contribution in [1.82, 2.24) is 10.0 Å². The number of hydrogen-bond acceptors (Lipinski definition) is 4. The topological polar surface area (TPSA) is 104 Å². The first-order valence-corrected chi connectivity index (χ1v) is 12.0. The number of benzene rings is 3. The van der Waals surface area contributed by atoms with Gasteiger partial charge in [0.1, 0.15) is 5.82 Å². The molecule has 0 unspecified atom stereocenters. The minimum atomic E-state index is -3.66. The van der Waals surface area contributed by atoms with Crippen LogP contribution in [0.15, 0.2) is 84.3 Å². The summed E-state index contributed by atoms with van der Waals surface area (Å²) in [5, 5.41) is 6.50. The van der Waals surface area contributed by atoms with E-state index in [0.29, 0.717) is 11.3 Å². The second-order valence-electron chi connectivity index (χ2n) is 7.34. The number of rotatable bonds is 10. The van der Waals surface area contributed by atoms with Gasteiger partial charge >= 0.3 is 0 Å². The number of nitrogens with one attached hydrogen (secondary N) is 3. The highest BCUT2D eigenvalue weighted by molar-refractivity contribution is 7.92. The van der Waals surface area contributed by atoms with E-state index in [1.54, 1.807) is 48.5 Å². The summed E-state index contributed by atoms with van der Waals surface area (Å²) in [4.78, 5) is 24.4. The van der Waals surface area contributed by atoms with E-state index in [9.17, 15) is 22.4 Å². The molecule has 0 heterocycles. The van der Waals surface area contributed by atoms with Gasteiger partial charge in [0, 0.05) is 36.2 Å². The lowest BCUT2D eigenvalue weighted by Crippen LogP contribution is -2.29. The Labute approximate surface area is 197 Å². The molecular weight excluding hydrogens is 457 g/mol. The van der Waals surface area contributed by atoms with E-state index in [2.05, 4.69) is 15.4 Å². The Morgan fingerprint density at radius 1 is 0.912 bits per heavy atom. The molecular formula is C25H24FN3O4S. The fourth-order valence-electron chi connectivity index (χ4n) is 2.94. The van der Waals surface area contributed by atoms with E-state index in [1.165, 1.54) is 30.3 Å². The van der Waals surface area contributed by atoms with Crippen LogP contribution >= 0.6 is 0 Å². The molecule has 7 nitrogen and oxygen atoms in total. The van der Waals surface area contributed by atoms with E-state index in [4.69, 9.17) is 0 Å². The molecule has 34 heavy (non-hydrogen) atoms. The molecule has 0 aliphatic heterocycles. The molecule has 0 radical (unpaired) electrons. The van der Waals surface area contributed by atoms with Crippen LogP contribution in [0.25, 0.3) is 6.08 Å². The van der Waals surface area contributed by atoms with Crippen LogP contribution in [-0.2, 0) is 21.4 Å². The number of sulfonamides is 1. The summed E-state index contributed by atoms with van der Waals surface area (Å²) in [6.45, 7) is 0.167. The predicted molar refractivity (Wildman–Crippen MR) is 130 cm³/mol. The first kappa shape index (κ1) is 24.8. The summed E-state index contributed by atoms with van der Waals surface area (Å²) in [6.07, 6.45) is 1.45. The Hall–Kier alpha value is -3.82. The standard InChI is InChI=1S/C25H24FN3O4S/c26-22-11-9-21(10-12-22)25(31)29-23-8-4-7-20(17-23)18-27-24(30)13-15-28-34(32,33)16-14-19-5-2-1-3-6-19/h1-12,14,16-17,28H,13,15,18H2,(H,27,30)(H,29,31)/b16-14+. The normalized spacial score (nSPS) is 11.3. The highest BCUT2D eigenvalue weighted by Crippen LogP contribution is 2.13. The summed E-state index contributed by atoms with van der Waals surface area (Å²) in [6, 6.07) is 21.1. The summed E-state index contributed by atoms with van der Waals surface area (Å²) in [5.74, 6) is -1.13. The van der Waals surface area contributed by atoms with Crippen LogP contribution in [0.5, 0.6) is 0 Å². The smallest absolute Gasteiger partial charge is 0.255 e. The number of anilines is 1. The summed E-state index contributed by atoms with van der Waals surface area (Å²) in [7, 11) is -3.66. The Morgan fingerprint density at radius 3 is 2.38 bits per heavy atom. The molecule has 0 spiro atoms. The fourth-order valence-corrected chi connectivity index (χ4v) is 3.76. The van der Waals surface area contributed by atoms with Crippen molar-refractivity contribution >= 4 is 33.6 Å². The molecule has 2 amide bonds. The number of carbonyl (C=O) groups excluding carboxylic acids is 2. The van der Waals surface area contributed by atoms with Gasteiger partial charge in [-0.3, -0.25) is 9.59 Å². The fraction of sp³-hybridized carbons (Fsp3) is 0.120. The first-order valence-electron chi connectivity index (χ1n) is 10.5. The maximum Gasteiger partial charge on any atom is 0.255 e. The molecule has 3 aromatic carbocycles. The molecule has 0 saturated carbocycles. The molecule has 176 valence electrons. The van der Waals surface area contributed by atoms with Crippen LogP contribution in [0.4, 0.5) is 10.1 Å². The predicted octanol–water partition coefficient (Wildman–Crippen LogP) is 3.67. The molecule has 0 bridgehead atoms. The van der Waals surface area contributed by atoms with Gasteiger partial charge in [-0.1, -0.05) is 42.5 Å². The van der Waals surface area contributed by atoms with Crippen molar-refractivity contribution in [3.63, 3.8) is 0 Å². The van der Waals surface area contributed by atoms with E-state index < -0.39 is 15.8 Å². The third-order valence-electron chi connectivity index (χ3n) is 4.68. The van der Waals surface area contributed by atoms with Crippen molar-refractivity contribution in [1.29, 1.82) is 0 Å². The SMILES string of the molecule is O=C(CCNS(=O)(=O)/C=C/c1ccccc1)NCc1cccc(NC(=O)c2ccc(F)cc2)c1. The molecule has 3 rings (SSSR count). The molecule has 0 fully saturated rings. The minimum Gasteiger partial charge on any atom is -0.352 e. The average molecular weight is 482 g/mol. The van der Waals surface area contributed by atoms with Crippen LogP contribution in [0.2, 0.25) is 0 Å². The second-order valence-corrected chi connectivity index (χ2v) is 8.99. The third kappa shape index (κ3) is 8.27. The zero-order valence-corrected chi connectivity index (χ0v) is 19.0. The summed E-state index contributed by atoms with van der Waals surface area (Å²) < 4.78 is 39.4. The minimum absolute atomic E-state index is 0.0284. The van der Waals surface area contributed by atoms with Crippen LogP contribution < -0.4 is 15.4 Å². The van der Waals surface area contributed by atoms with Crippen molar-refractivity contribution in [3.05, 3.63) is 107 Å². The quantitative estimate of drug-likeness (QED) is 0.411. The zero-order chi connectivity index (χ0) is 24.4. The van der Waals surface area contributed by atoms with Gasteiger partial charge in [-0.2, -0.15) is 0 Å². The lowest BCUT2D eigenvalue weighted by atomic mass is 10.1. The van der Waals surface area contributed by atoms with Gasteiger partial charge in [0.2, 0.25) is 15.9 Å².